The molecule has 0 fully saturated rings. The van der Waals surface area contributed by atoms with E-state index in [1.54, 1.807) is 12.2 Å². The number of alkyl halides is 2. The summed E-state index contributed by atoms with van der Waals surface area (Å²) >= 11 is 0. The first-order chi connectivity index (χ1) is 11.9. The summed E-state index contributed by atoms with van der Waals surface area (Å²) in [5.41, 5.74) is 0. The Bertz CT molecular complexity index is 466. The number of ketones is 1. The number of hydrogen-bond acceptors (Lipinski definition) is 2. The lowest BCUT2D eigenvalue weighted by molar-refractivity contribution is -0.165. The number of hydrogen-bond donors (Lipinski definition) is 1. The van der Waals surface area contributed by atoms with Gasteiger partial charge in [0.2, 0.25) is 0 Å². The highest BCUT2D eigenvalue weighted by Crippen LogP contribution is 2.20. The minimum atomic E-state index is -3.65. The van der Waals surface area contributed by atoms with E-state index in [9.17, 15) is 18.4 Å². The van der Waals surface area contributed by atoms with Gasteiger partial charge in [-0.3, -0.25) is 4.79 Å². The highest BCUT2D eigenvalue weighted by Gasteiger charge is 2.37. The highest BCUT2D eigenvalue weighted by molar-refractivity contribution is 5.78. The van der Waals surface area contributed by atoms with Gasteiger partial charge in [-0.1, -0.05) is 56.2 Å². The second kappa shape index (κ2) is 14.6. The maximum absolute atomic E-state index is 12.8. The summed E-state index contributed by atoms with van der Waals surface area (Å²) in [6.07, 6.45) is 17.3. The van der Waals surface area contributed by atoms with E-state index < -0.39 is 18.3 Å². The fourth-order valence-electron chi connectivity index (χ4n) is 2.09. The van der Waals surface area contributed by atoms with E-state index in [4.69, 9.17) is 5.11 Å². The Hall–Kier alpha value is -1.78. The normalized spacial score (nSPS) is 12.6. The van der Waals surface area contributed by atoms with Gasteiger partial charge >= 0.3 is 11.9 Å². The predicted octanol–water partition coefficient (Wildman–Crippen LogP) is 5.86. The topological polar surface area (TPSA) is 54.4 Å². The zero-order chi connectivity index (χ0) is 19.0. The number of Topliss-reactive ketones (excluding diaryl/α,β-unsaturated/α-hetero) is 1. The average Bonchev–Trinajstić information content (AvgIpc) is 2.55. The molecule has 1 N–H and O–H groups in total. The number of carbonyl (C=O) groups is 2. The van der Waals surface area contributed by atoms with Crippen LogP contribution in [-0.4, -0.2) is 22.8 Å². The quantitative estimate of drug-likeness (QED) is 0.295. The van der Waals surface area contributed by atoms with Crippen LogP contribution >= 0.6 is 0 Å². The Labute approximate surface area is 149 Å². The van der Waals surface area contributed by atoms with E-state index in [1.165, 1.54) is 0 Å². The minimum absolute atomic E-state index is 0.0410. The van der Waals surface area contributed by atoms with Crippen molar-refractivity contribution in [1.29, 1.82) is 0 Å². The standard InChI is InChI=1S/C20H30F2O3/c1-2-3-12-15-18(23)16-13-10-8-6-4-5-7-9-11-14-17-20(21,22)19(24)25/h4-5,8-11H,2-3,6-7,12-17H2,1H3,(H,24,25). The molecule has 0 aromatic rings. The molecule has 0 rings (SSSR count). The van der Waals surface area contributed by atoms with Crippen LogP contribution in [0.15, 0.2) is 36.5 Å². The van der Waals surface area contributed by atoms with Gasteiger partial charge < -0.3 is 5.11 Å². The molecule has 142 valence electrons. The second-order valence-corrected chi connectivity index (χ2v) is 5.97. The molecule has 0 heterocycles. The van der Waals surface area contributed by atoms with E-state index in [1.807, 2.05) is 24.3 Å². The average molecular weight is 356 g/mol. The van der Waals surface area contributed by atoms with Gasteiger partial charge in [-0.25, -0.2) is 4.79 Å². The van der Waals surface area contributed by atoms with Gasteiger partial charge in [0, 0.05) is 19.3 Å². The fraction of sp³-hybridized carbons (Fsp3) is 0.600. The molecule has 3 nitrogen and oxygen atoms in total. The van der Waals surface area contributed by atoms with E-state index in [-0.39, 0.29) is 6.42 Å². The summed E-state index contributed by atoms with van der Waals surface area (Å²) in [6.45, 7) is 2.12. The van der Waals surface area contributed by atoms with Crippen molar-refractivity contribution in [1.82, 2.24) is 0 Å². The maximum Gasteiger partial charge on any atom is 0.374 e. The molecular weight excluding hydrogens is 326 g/mol. The molecule has 0 radical (unpaired) electrons. The Morgan fingerprint density at radius 2 is 1.44 bits per heavy atom. The lowest BCUT2D eigenvalue weighted by Gasteiger charge is -2.08. The van der Waals surface area contributed by atoms with E-state index in [0.717, 1.165) is 32.1 Å². The largest absolute Gasteiger partial charge is 0.477 e. The number of rotatable bonds is 15. The number of carboxylic acids is 1. The lowest BCUT2D eigenvalue weighted by atomic mass is 10.1. The van der Waals surface area contributed by atoms with Crippen LogP contribution < -0.4 is 0 Å². The van der Waals surface area contributed by atoms with Crippen molar-refractivity contribution >= 4 is 11.8 Å². The van der Waals surface area contributed by atoms with Crippen LogP contribution in [0.1, 0.15) is 71.1 Å². The van der Waals surface area contributed by atoms with Crippen LogP contribution in [0.5, 0.6) is 0 Å². The summed E-state index contributed by atoms with van der Waals surface area (Å²) < 4.78 is 25.6. The zero-order valence-electron chi connectivity index (χ0n) is 15.1. The first-order valence-electron chi connectivity index (χ1n) is 8.98. The molecule has 5 heteroatoms. The summed E-state index contributed by atoms with van der Waals surface area (Å²) in [7, 11) is 0. The number of carboxylic acid groups (broad SMARTS) is 1. The van der Waals surface area contributed by atoms with Crippen molar-refractivity contribution in [3.05, 3.63) is 36.5 Å². The Morgan fingerprint density at radius 1 is 0.880 bits per heavy atom. The Morgan fingerprint density at radius 3 is 2.00 bits per heavy atom. The number of carbonyl (C=O) groups excluding carboxylic acids is 1. The second-order valence-electron chi connectivity index (χ2n) is 5.97. The first kappa shape index (κ1) is 23.2. The third-order valence-electron chi connectivity index (χ3n) is 3.63. The summed E-state index contributed by atoms with van der Waals surface area (Å²) in [5.74, 6) is -5.40. The zero-order valence-corrected chi connectivity index (χ0v) is 15.1. The van der Waals surface area contributed by atoms with Gasteiger partial charge in [-0.2, -0.15) is 8.78 Å². The molecule has 0 amide bonds. The monoisotopic (exact) mass is 356 g/mol. The van der Waals surface area contributed by atoms with Crippen molar-refractivity contribution in [3.63, 3.8) is 0 Å². The molecule has 0 aliphatic carbocycles. The molecule has 0 bridgehead atoms. The van der Waals surface area contributed by atoms with E-state index >= 15 is 0 Å². The van der Waals surface area contributed by atoms with Crippen molar-refractivity contribution in [3.8, 4) is 0 Å². The molecule has 0 spiro atoms. The Balaban J connectivity index is 3.64. The van der Waals surface area contributed by atoms with Crippen LogP contribution in [0.25, 0.3) is 0 Å². The molecule has 25 heavy (non-hydrogen) atoms. The van der Waals surface area contributed by atoms with Gasteiger partial charge in [0.1, 0.15) is 5.78 Å². The molecule has 0 aromatic heterocycles. The highest BCUT2D eigenvalue weighted by atomic mass is 19.3. The fourth-order valence-corrected chi connectivity index (χ4v) is 2.09. The van der Waals surface area contributed by atoms with Crippen LogP contribution in [0.2, 0.25) is 0 Å². The van der Waals surface area contributed by atoms with Crippen LogP contribution in [-0.2, 0) is 9.59 Å². The van der Waals surface area contributed by atoms with Gasteiger partial charge in [0.15, 0.2) is 0 Å². The van der Waals surface area contributed by atoms with Crippen molar-refractivity contribution < 1.29 is 23.5 Å². The molecular formula is C20H30F2O3. The molecule has 0 aromatic carbocycles. The van der Waals surface area contributed by atoms with Crippen LogP contribution in [0.3, 0.4) is 0 Å². The molecule has 0 aliphatic rings. The minimum Gasteiger partial charge on any atom is -0.477 e. The molecule has 0 aliphatic heterocycles. The Kier molecular flexibility index (Phi) is 13.5. The lowest BCUT2D eigenvalue weighted by Crippen LogP contribution is -2.27. The number of aliphatic carboxylic acids is 1. The first-order valence-corrected chi connectivity index (χ1v) is 8.98. The van der Waals surface area contributed by atoms with Crippen molar-refractivity contribution in [2.75, 3.05) is 0 Å². The molecule has 0 saturated carbocycles. The molecule has 0 saturated heterocycles. The number of halogens is 2. The van der Waals surface area contributed by atoms with Gasteiger partial charge in [0.25, 0.3) is 0 Å². The van der Waals surface area contributed by atoms with Gasteiger partial charge in [-0.15, -0.1) is 0 Å². The number of unbranched alkanes of at least 4 members (excludes halogenated alkanes) is 2. The van der Waals surface area contributed by atoms with Crippen LogP contribution in [0.4, 0.5) is 8.78 Å². The third kappa shape index (κ3) is 14.3. The van der Waals surface area contributed by atoms with Crippen molar-refractivity contribution in [2.24, 2.45) is 0 Å². The summed E-state index contributed by atoms with van der Waals surface area (Å²) in [4.78, 5) is 21.8. The molecule has 0 atom stereocenters. The molecule has 0 unspecified atom stereocenters. The van der Waals surface area contributed by atoms with E-state index in [2.05, 4.69) is 6.92 Å². The smallest absolute Gasteiger partial charge is 0.374 e. The SMILES string of the molecule is CCCCCC(=O)CCC=CCC=CCC=CCCC(F)(F)C(=O)O. The maximum atomic E-state index is 12.8. The van der Waals surface area contributed by atoms with Gasteiger partial charge in [-0.05, 0) is 32.1 Å². The predicted molar refractivity (Wildman–Crippen MR) is 96.9 cm³/mol. The summed E-state index contributed by atoms with van der Waals surface area (Å²) in [6, 6.07) is 0. The number of allylic oxidation sites excluding steroid dienone is 6. The third-order valence-corrected chi connectivity index (χ3v) is 3.63. The van der Waals surface area contributed by atoms with Crippen LogP contribution in [0, 0.1) is 0 Å². The van der Waals surface area contributed by atoms with Crippen molar-refractivity contribution in [2.45, 2.75) is 77.1 Å². The summed E-state index contributed by atoms with van der Waals surface area (Å²) in [5, 5.41) is 8.27. The van der Waals surface area contributed by atoms with E-state index in [0.29, 0.717) is 25.0 Å². The van der Waals surface area contributed by atoms with Gasteiger partial charge in [0.05, 0.1) is 0 Å².